The van der Waals surface area contributed by atoms with Gasteiger partial charge in [-0.2, -0.15) is 0 Å². The molecule has 0 radical (unpaired) electrons. The van der Waals surface area contributed by atoms with E-state index in [9.17, 15) is 14.4 Å². The van der Waals surface area contributed by atoms with Crippen LogP contribution in [0.1, 0.15) is 19.4 Å². The number of rotatable bonds is 7. The van der Waals surface area contributed by atoms with Gasteiger partial charge in [0.15, 0.2) is 5.11 Å². The molecule has 0 saturated carbocycles. The molecule has 31 heavy (non-hydrogen) atoms. The third-order valence-corrected chi connectivity index (χ3v) is 5.87. The number of likely N-dealkylation sites (N-methyl/N-ethyl adjacent to an activating group) is 2. The van der Waals surface area contributed by atoms with Gasteiger partial charge in [-0.3, -0.25) is 19.3 Å². The maximum absolute atomic E-state index is 12.8. The van der Waals surface area contributed by atoms with Crippen molar-refractivity contribution in [3.63, 3.8) is 0 Å². The summed E-state index contributed by atoms with van der Waals surface area (Å²) in [5, 5.41) is 1.13. The quantitative estimate of drug-likeness (QED) is 0.371. The Morgan fingerprint density at radius 2 is 1.84 bits per heavy atom. The Morgan fingerprint density at radius 1 is 1.16 bits per heavy atom. The van der Waals surface area contributed by atoms with Gasteiger partial charge >= 0.3 is 5.97 Å². The molecule has 0 unspecified atom stereocenters. The van der Waals surface area contributed by atoms with E-state index in [2.05, 4.69) is 0 Å². The standard InChI is InChI=1S/C22H26N4O4S/c1-5-24(6-2)19(27)13-25-12-15(16-9-7-8-10-17(16)25)11-18-21(29)23(3)22(31)26(18)14-20(28)30-4/h7-12H,5-6,13-14H2,1-4H3/b18-11-. The van der Waals surface area contributed by atoms with Crippen molar-refractivity contribution in [2.45, 2.75) is 20.4 Å². The van der Waals surface area contributed by atoms with Crippen LogP contribution in [0, 0.1) is 0 Å². The van der Waals surface area contributed by atoms with Crippen LogP contribution >= 0.6 is 12.2 Å². The first-order valence-electron chi connectivity index (χ1n) is 10.1. The summed E-state index contributed by atoms with van der Waals surface area (Å²) < 4.78 is 6.63. The van der Waals surface area contributed by atoms with Gasteiger partial charge in [0.2, 0.25) is 5.91 Å². The zero-order valence-electron chi connectivity index (χ0n) is 18.1. The van der Waals surface area contributed by atoms with Gasteiger partial charge in [0, 0.05) is 42.8 Å². The maximum Gasteiger partial charge on any atom is 0.325 e. The molecule has 2 heterocycles. The normalized spacial score (nSPS) is 15.3. The number of fused-ring (bicyclic) bond motifs is 1. The predicted molar refractivity (Wildman–Crippen MR) is 122 cm³/mol. The molecule has 0 bridgehead atoms. The maximum atomic E-state index is 12.8. The third-order valence-electron chi connectivity index (χ3n) is 5.38. The van der Waals surface area contributed by atoms with E-state index in [4.69, 9.17) is 17.0 Å². The second-order valence-corrected chi connectivity index (χ2v) is 7.50. The summed E-state index contributed by atoms with van der Waals surface area (Å²) >= 11 is 5.34. The number of thiocarbonyl (C=S) groups is 1. The number of methoxy groups -OCH3 is 1. The number of para-hydroxylation sites is 1. The Morgan fingerprint density at radius 3 is 2.48 bits per heavy atom. The Hall–Kier alpha value is -3.20. The van der Waals surface area contributed by atoms with Crippen LogP contribution in [0.2, 0.25) is 0 Å². The molecule has 1 fully saturated rings. The molecule has 1 aliphatic heterocycles. The van der Waals surface area contributed by atoms with E-state index in [0.717, 1.165) is 16.5 Å². The Bertz CT molecular complexity index is 1070. The zero-order valence-corrected chi connectivity index (χ0v) is 18.9. The molecule has 0 spiro atoms. The molecule has 3 rings (SSSR count). The number of aromatic nitrogens is 1. The monoisotopic (exact) mass is 442 g/mol. The summed E-state index contributed by atoms with van der Waals surface area (Å²) in [7, 11) is 2.86. The lowest BCUT2D eigenvalue weighted by Crippen LogP contribution is -2.33. The van der Waals surface area contributed by atoms with Crippen molar-refractivity contribution >= 4 is 52.1 Å². The van der Waals surface area contributed by atoms with Gasteiger partial charge in [-0.15, -0.1) is 0 Å². The highest BCUT2D eigenvalue weighted by Crippen LogP contribution is 2.28. The van der Waals surface area contributed by atoms with Crippen molar-refractivity contribution in [3.05, 3.63) is 41.7 Å². The van der Waals surface area contributed by atoms with Crippen LogP contribution in [0.25, 0.3) is 17.0 Å². The van der Waals surface area contributed by atoms with Gasteiger partial charge in [-0.25, -0.2) is 0 Å². The van der Waals surface area contributed by atoms with Gasteiger partial charge in [0.25, 0.3) is 5.91 Å². The summed E-state index contributed by atoms with van der Waals surface area (Å²) in [6.07, 6.45) is 3.56. The molecule has 1 aliphatic rings. The van der Waals surface area contributed by atoms with Crippen molar-refractivity contribution in [3.8, 4) is 0 Å². The van der Waals surface area contributed by atoms with E-state index in [0.29, 0.717) is 13.1 Å². The minimum Gasteiger partial charge on any atom is -0.468 e. The molecule has 1 aromatic carbocycles. The smallest absolute Gasteiger partial charge is 0.325 e. The van der Waals surface area contributed by atoms with Crippen LogP contribution in [-0.2, 0) is 25.7 Å². The van der Waals surface area contributed by atoms with E-state index < -0.39 is 5.97 Å². The Kier molecular flexibility index (Phi) is 6.74. The summed E-state index contributed by atoms with van der Waals surface area (Å²) in [4.78, 5) is 41.9. The number of hydrogen-bond acceptors (Lipinski definition) is 5. The second-order valence-electron chi connectivity index (χ2n) is 7.13. The molecule has 2 amide bonds. The molecule has 9 heteroatoms. The van der Waals surface area contributed by atoms with Gasteiger partial charge in [-0.1, -0.05) is 18.2 Å². The van der Waals surface area contributed by atoms with Gasteiger partial charge in [0.05, 0.1) is 7.11 Å². The number of ether oxygens (including phenoxy) is 1. The molecule has 0 N–H and O–H groups in total. The van der Waals surface area contributed by atoms with E-state index in [1.807, 2.05) is 48.9 Å². The van der Waals surface area contributed by atoms with Crippen molar-refractivity contribution in [1.82, 2.24) is 19.3 Å². The lowest BCUT2D eigenvalue weighted by Gasteiger charge is -2.19. The molecular formula is C22H26N4O4S. The fourth-order valence-corrected chi connectivity index (χ4v) is 3.88. The molecule has 0 aliphatic carbocycles. The first-order chi connectivity index (χ1) is 14.8. The van der Waals surface area contributed by atoms with Crippen LogP contribution in [0.3, 0.4) is 0 Å². The minimum absolute atomic E-state index is 0.0233. The van der Waals surface area contributed by atoms with Crippen LogP contribution in [0.15, 0.2) is 36.2 Å². The second kappa shape index (κ2) is 9.30. The molecule has 8 nitrogen and oxygen atoms in total. The van der Waals surface area contributed by atoms with Crippen molar-refractivity contribution in [2.75, 3.05) is 33.8 Å². The Labute approximate surface area is 186 Å². The van der Waals surface area contributed by atoms with Crippen LogP contribution in [0.5, 0.6) is 0 Å². The highest BCUT2D eigenvalue weighted by Gasteiger charge is 2.37. The number of benzene rings is 1. The molecular weight excluding hydrogens is 416 g/mol. The summed E-state index contributed by atoms with van der Waals surface area (Å²) in [5.41, 5.74) is 1.94. The number of amides is 2. The number of carbonyl (C=O) groups is 3. The molecule has 2 aromatic rings. The number of esters is 1. The first kappa shape index (κ1) is 22.5. The molecule has 0 atom stereocenters. The summed E-state index contributed by atoms with van der Waals surface area (Å²) in [6.45, 7) is 5.23. The molecule has 1 saturated heterocycles. The zero-order chi connectivity index (χ0) is 22.7. The van der Waals surface area contributed by atoms with Gasteiger partial charge in [-0.05, 0) is 38.2 Å². The first-order valence-corrected chi connectivity index (χ1v) is 10.5. The number of carbonyl (C=O) groups excluding carboxylic acids is 3. The highest BCUT2D eigenvalue weighted by molar-refractivity contribution is 7.80. The van der Waals surface area contributed by atoms with Crippen molar-refractivity contribution in [1.29, 1.82) is 0 Å². The van der Waals surface area contributed by atoms with Crippen molar-refractivity contribution in [2.24, 2.45) is 0 Å². The van der Waals surface area contributed by atoms with E-state index >= 15 is 0 Å². The largest absolute Gasteiger partial charge is 0.468 e. The minimum atomic E-state index is -0.497. The van der Waals surface area contributed by atoms with E-state index in [1.165, 1.54) is 16.9 Å². The lowest BCUT2D eigenvalue weighted by atomic mass is 10.1. The summed E-state index contributed by atoms with van der Waals surface area (Å²) in [6, 6.07) is 7.68. The average Bonchev–Trinajstić information content (AvgIpc) is 3.20. The van der Waals surface area contributed by atoms with Crippen LogP contribution < -0.4 is 0 Å². The van der Waals surface area contributed by atoms with E-state index in [1.54, 1.807) is 18.0 Å². The third kappa shape index (κ3) is 4.32. The fraction of sp³-hybridized carbons (Fsp3) is 0.364. The number of nitrogens with zero attached hydrogens (tertiary/aromatic N) is 4. The van der Waals surface area contributed by atoms with Crippen LogP contribution in [0.4, 0.5) is 0 Å². The number of hydrogen-bond donors (Lipinski definition) is 0. The van der Waals surface area contributed by atoms with Gasteiger partial charge < -0.3 is 19.1 Å². The average molecular weight is 443 g/mol. The summed E-state index contributed by atoms with van der Waals surface area (Å²) in [5.74, 6) is -0.774. The van der Waals surface area contributed by atoms with Crippen molar-refractivity contribution < 1.29 is 19.1 Å². The topological polar surface area (TPSA) is 75.1 Å². The van der Waals surface area contributed by atoms with E-state index in [-0.39, 0.29) is 35.7 Å². The lowest BCUT2D eigenvalue weighted by molar-refractivity contribution is -0.140. The fourth-order valence-electron chi connectivity index (χ4n) is 3.63. The highest BCUT2D eigenvalue weighted by atomic mass is 32.1. The molecule has 164 valence electrons. The van der Waals surface area contributed by atoms with Gasteiger partial charge in [0.1, 0.15) is 18.8 Å². The Balaban J connectivity index is 2.05. The SMILES string of the molecule is CCN(CC)C(=O)Cn1cc(/C=C2/C(=O)N(C)C(=S)N2CC(=O)OC)c2ccccc21. The molecule has 1 aromatic heterocycles. The predicted octanol–water partition coefficient (Wildman–Crippen LogP) is 2.08. The van der Waals surface area contributed by atoms with Crippen LogP contribution in [-0.4, -0.2) is 76.0 Å².